The number of nitrogens with zero attached hydrogens (tertiary/aromatic N) is 1. The molecule has 13 nitrogen and oxygen atoms in total. The summed E-state index contributed by atoms with van der Waals surface area (Å²) in [5.41, 5.74) is 4.07. The lowest BCUT2D eigenvalue weighted by Gasteiger charge is -2.29. The smallest absolute Gasteiger partial charge is 0.404 e. The van der Waals surface area contributed by atoms with Gasteiger partial charge in [-0.3, -0.25) is 24.6 Å². The molecule has 3 aromatic carbocycles. The number of H-pyrrole nitrogens is 2. The summed E-state index contributed by atoms with van der Waals surface area (Å²) in [5.74, 6) is -0.799. The Labute approximate surface area is 289 Å². The summed E-state index contributed by atoms with van der Waals surface area (Å²) < 4.78 is 28.0. The van der Waals surface area contributed by atoms with Gasteiger partial charge in [-0.05, 0) is 104 Å². The minimum atomic E-state index is -3.58. The number of hydrogen-bond donors (Lipinski definition) is 6. The Morgan fingerprint density at radius 1 is 0.940 bits per heavy atom. The minimum absolute atomic E-state index is 0.159. The van der Waals surface area contributed by atoms with Gasteiger partial charge in [0.15, 0.2) is 0 Å². The van der Waals surface area contributed by atoms with Gasteiger partial charge < -0.3 is 21.1 Å². The third-order valence-electron chi connectivity index (χ3n) is 9.85. The number of carbonyl (C=O) groups excluding carboxylic acids is 2. The Bertz CT molecular complexity index is 2040. The van der Waals surface area contributed by atoms with E-state index in [0.29, 0.717) is 61.9 Å². The summed E-state index contributed by atoms with van der Waals surface area (Å²) in [6.07, 6.45) is 3.42. The van der Waals surface area contributed by atoms with Crippen molar-refractivity contribution in [1.82, 2.24) is 25.1 Å². The number of benzene rings is 3. The van der Waals surface area contributed by atoms with Gasteiger partial charge >= 0.3 is 6.09 Å². The third-order valence-corrected chi connectivity index (χ3v) is 11.7. The SMILES string of the molecule is Cc1ccc(S(=O)(=O)N2CCCC2)cc1-c1ccc(C[C@H](NC(=O)C2CCC(CNC(=O)O)CC2)C(=O)Nc2ccc3c(=O)[nH][nH]c3c2)cc1. The van der Waals surface area contributed by atoms with Crippen molar-refractivity contribution < 1.29 is 27.9 Å². The Morgan fingerprint density at radius 3 is 2.36 bits per heavy atom. The largest absolute Gasteiger partial charge is 0.465 e. The van der Waals surface area contributed by atoms with E-state index in [1.54, 1.807) is 30.3 Å². The summed E-state index contributed by atoms with van der Waals surface area (Å²) in [6.45, 7) is 3.33. The van der Waals surface area contributed by atoms with Crippen molar-refractivity contribution in [3.05, 3.63) is 82.1 Å². The molecule has 1 saturated carbocycles. The lowest BCUT2D eigenvalue weighted by atomic mass is 9.81. The normalized spacial score (nSPS) is 18.8. The second kappa shape index (κ2) is 14.9. The summed E-state index contributed by atoms with van der Waals surface area (Å²) in [5, 5.41) is 23.0. The number of hydrogen-bond acceptors (Lipinski definition) is 6. The Hall–Kier alpha value is -4.95. The van der Waals surface area contributed by atoms with Gasteiger partial charge in [0.2, 0.25) is 21.8 Å². The van der Waals surface area contributed by atoms with Crippen molar-refractivity contribution in [1.29, 1.82) is 0 Å². The predicted octanol–water partition coefficient (Wildman–Crippen LogP) is 4.36. The summed E-state index contributed by atoms with van der Waals surface area (Å²) in [4.78, 5) is 50.3. The standard InChI is InChI=1S/C36H42N6O7S/c1-22-4-14-28(50(48,49)42-16-2-3-17-42)20-30(22)25-9-5-23(6-10-25)18-32(35(45)38-27-13-15-29-31(19-27)40-41-34(29)44)39-33(43)26-11-7-24(8-12-26)21-37-36(46)47/h4-6,9-10,13-15,19-20,24,26,32,37H,2-3,7-8,11-12,16-18,21H2,1H3,(H,38,45)(H,39,43)(H,46,47)(H2,40,41,44)/t24?,26?,32-/m0/s1. The fraction of sp³-hybridized carbons (Fsp3) is 0.389. The molecule has 264 valence electrons. The van der Waals surface area contributed by atoms with Crippen LogP contribution in [0.3, 0.4) is 0 Å². The Balaban J connectivity index is 1.19. The number of amides is 3. The number of aryl methyl sites for hydroxylation is 1. The monoisotopic (exact) mass is 702 g/mol. The van der Waals surface area contributed by atoms with E-state index in [1.807, 2.05) is 37.3 Å². The molecule has 2 heterocycles. The first-order valence-corrected chi connectivity index (χ1v) is 18.4. The van der Waals surface area contributed by atoms with Crippen molar-refractivity contribution in [2.24, 2.45) is 11.8 Å². The lowest BCUT2D eigenvalue weighted by Crippen LogP contribution is -2.48. The molecule has 6 N–H and O–H groups in total. The molecule has 0 bridgehead atoms. The molecule has 1 saturated heterocycles. The fourth-order valence-electron chi connectivity index (χ4n) is 6.91. The number of fused-ring (bicyclic) bond motifs is 1. The maximum atomic E-state index is 13.7. The number of aromatic nitrogens is 2. The molecule has 0 spiro atoms. The second-order valence-corrected chi connectivity index (χ2v) is 15.2. The van der Waals surface area contributed by atoms with Gasteiger partial charge in [-0.15, -0.1) is 0 Å². The highest BCUT2D eigenvalue weighted by molar-refractivity contribution is 7.89. The van der Waals surface area contributed by atoms with E-state index < -0.39 is 28.1 Å². The fourth-order valence-corrected chi connectivity index (χ4v) is 8.45. The quantitative estimate of drug-likeness (QED) is 0.134. The summed E-state index contributed by atoms with van der Waals surface area (Å²) in [7, 11) is -3.58. The molecule has 2 aliphatic rings. The number of rotatable bonds is 11. The van der Waals surface area contributed by atoms with Gasteiger partial charge in [0.05, 0.1) is 15.8 Å². The number of sulfonamides is 1. The molecule has 1 atom stereocenters. The highest BCUT2D eigenvalue weighted by Gasteiger charge is 2.31. The van der Waals surface area contributed by atoms with Crippen LogP contribution in [-0.2, 0) is 26.0 Å². The third kappa shape index (κ3) is 7.92. The van der Waals surface area contributed by atoms with E-state index in [2.05, 4.69) is 26.1 Å². The molecule has 0 unspecified atom stereocenters. The lowest BCUT2D eigenvalue weighted by molar-refractivity contribution is -0.130. The van der Waals surface area contributed by atoms with E-state index in [1.165, 1.54) is 4.31 Å². The van der Waals surface area contributed by atoms with E-state index in [4.69, 9.17) is 5.11 Å². The molecule has 14 heteroatoms. The van der Waals surface area contributed by atoms with Gasteiger partial charge in [-0.1, -0.05) is 30.3 Å². The second-order valence-electron chi connectivity index (χ2n) is 13.3. The first kappa shape index (κ1) is 34.9. The zero-order chi connectivity index (χ0) is 35.4. The zero-order valence-electron chi connectivity index (χ0n) is 27.8. The van der Waals surface area contributed by atoms with Crippen LogP contribution in [0.15, 0.2) is 70.4 Å². The first-order chi connectivity index (χ1) is 24.0. The van der Waals surface area contributed by atoms with Gasteiger partial charge in [-0.25, -0.2) is 13.2 Å². The topological polar surface area (TPSA) is 194 Å². The molecule has 1 aliphatic heterocycles. The molecule has 1 aliphatic carbocycles. The van der Waals surface area contributed by atoms with Crippen molar-refractivity contribution >= 4 is 44.5 Å². The molecule has 6 rings (SSSR count). The maximum Gasteiger partial charge on any atom is 0.404 e. The van der Waals surface area contributed by atoms with E-state index in [-0.39, 0.29) is 34.6 Å². The van der Waals surface area contributed by atoms with Crippen LogP contribution < -0.4 is 21.5 Å². The van der Waals surface area contributed by atoms with E-state index in [0.717, 1.165) is 35.1 Å². The first-order valence-electron chi connectivity index (χ1n) is 17.0. The number of carboxylic acid groups (broad SMARTS) is 1. The van der Waals surface area contributed by atoms with Crippen LogP contribution in [0.5, 0.6) is 0 Å². The highest BCUT2D eigenvalue weighted by Crippen LogP contribution is 2.31. The predicted molar refractivity (Wildman–Crippen MR) is 189 cm³/mol. The number of anilines is 1. The van der Waals surface area contributed by atoms with Crippen LogP contribution in [0.25, 0.3) is 22.0 Å². The van der Waals surface area contributed by atoms with Gasteiger partial charge in [0, 0.05) is 37.7 Å². The van der Waals surface area contributed by atoms with Crippen LogP contribution in [-0.4, -0.2) is 71.6 Å². The van der Waals surface area contributed by atoms with Crippen LogP contribution >= 0.6 is 0 Å². The minimum Gasteiger partial charge on any atom is -0.465 e. The van der Waals surface area contributed by atoms with Gasteiger partial charge in [0.1, 0.15) is 6.04 Å². The summed E-state index contributed by atoms with van der Waals surface area (Å²) >= 11 is 0. The molecular formula is C36H42N6O7S. The van der Waals surface area contributed by atoms with E-state index in [9.17, 15) is 27.6 Å². The highest BCUT2D eigenvalue weighted by atomic mass is 32.2. The molecule has 0 radical (unpaired) electrons. The van der Waals surface area contributed by atoms with Crippen molar-refractivity contribution in [2.45, 2.75) is 62.8 Å². The van der Waals surface area contributed by atoms with Crippen molar-refractivity contribution in [3.63, 3.8) is 0 Å². The van der Waals surface area contributed by atoms with Crippen LogP contribution in [0, 0.1) is 18.8 Å². The average Bonchev–Trinajstić information content (AvgIpc) is 3.79. The Kier molecular flexibility index (Phi) is 10.4. The Morgan fingerprint density at radius 2 is 1.66 bits per heavy atom. The maximum absolute atomic E-state index is 13.7. The molecule has 2 fully saturated rings. The molecule has 3 amide bonds. The number of aromatic amines is 2. The van der Waals surface area contributed by atoms with Crippen molar-refractivity contribution in [3.8, 4) is 11.1 Å². The molecule has 1 aromatic heterocycles. The average molecular weight is 703 g/mol. The molecular weight excluding hydrogens is 660 g/mol. The van der Waals surface area contributed by atoms with Gasteiger partial charge in [0.25, 0.3) is 5.56 Å². The van der Waals surface area contributed by atoms with Crippen LogP contribution in [0.1, 0.15) is 49.7 Å². The number of nitrogens with one attached hydrogen (secondary N) is 5. The molecule has 50 heavy (non-hydrogen) atoms. The van der Waals surface area contributed by atoms with E-state index >= 15 is 0 Å². The summed E-state index contributed by atoms with van der Waals surface area (Å²) in [6, 6.07) is 16.7. The van der Waals surface area contributed by atoms with Crippen LogP contribution in [0.2, 0.25) is 0 Å². The molecule has 4 aromatic rings. The van der Waals surface area contributed by atoms with Gasteiger partial charge in [-0.2, -0.15) is 4.31 Å². The van der Waals surface area contributed by atoms with Crippen LogP contribution in [0.4, 0.5) is 10.5 Å². The zero-order valence-corrected chi connectivity index (χ0v) is 28.6. The van der Waals surface area contributed by atoms with Crippen molar-refractivity contribution in [2.75, 3.05) is 25.0 Å². The number of carbonyl (C=O) groups is 3.